The van der Waals surface area contributed by atoms with Crippen molar-refractivity contribution in [1.82, 2.24) is 15.1 Å². The second-order valence-corrected chi connectivity index (χ2v) is 11.0. The van der Waals surface area contributed by atoms with Crippen molar-refractivity contribution in [2.75, 3.05) is 44.6 Å². The van der Waals surface area contributed by atoms with Crippen LogP contribution < -0.4 is 10.6 Å². The molecule has 224 valence electrons. The standard InChI is InChI=1S/C34H50N4O3/c1-3-37(4-2)27-25-36-32(39)28-20-22-29(23-21-28)35-24-16-12-10-8-6-5-7-9-11-13-17-26-38-33(40)30-18-14-15-19-31(30)34(38)41/h14-15,18-23,35H,3-13,16-17,24-27H2,1-2H3,(H,36,39). The van der Waals surface area contributed by atoms with Crippen molar-refractivity contribution in [3.8, 4) is 0 Å². The Kier molecular flexibility index (Phi) is 14.4. The van der Waals surface area contributed by atoms with Gasteiger partial charge < -0.3 is 15.5 Å². The predicted octanol–water partition coefficient (Wildman–Crippen LogP) is 6.76. The lowest BCUT2D eigenvalue weighted by Gasteiger charge is -2.18. The zero-order valence-electron chi connectivity index (χ0n) is 25.3. The van der Waals surface area contributed by atoms with Gasteiger partial charge in [-0.3, -0.25) is 19.3 Å². The molecular formula is C34H50N4O3. The van der Waals surface area contributed by atoms with Crippen LogP contribution >= 0.6 is 0 Å². The molecule has 0 radical (unpaired) electrons. The Bertz CT molecular complexity index is 1050. The average Bonchev–Trinajstić information content (AvgIpc) is 3.24. The van der Waals surface area contributed by atoms with E-state index in [1.165, 1.54) is 49.8 Å². The average molecular weight is 563 g/mol. The molecule has 1 aliphatic heterocycles. The fraction of sp³-hybridized carbons (Fsp3) is 0.559. The normalized spacial score (nSPS) is 12.7. The quantitative estimate of drug-likeness (QED) is 0.130. The number of rotatable bonds is 21. The number of nitrogens with one attached hydrogen (secondary N) is 2. The number of amides is 3. The third-order valence-electron chi connectivity index (χ3n) is 8.02. The Morgan fingerprint density at radius 3 is 1.73 bits per heavy atom. The van der Waals surface area contributed by atoms with E-state index in [9.17, 15) is 14.4 Å². The van der Waals surface area contributed by atoms with Gasteiger partial charge in [-0.2, -0.15) is 0 Å². The van der Waals surface area contributed by atoms with Crippen LogP contribution in [0.5, 0.6) is 0 Å². The molecular weight excluding hydrogens is 512 g/mol. The number of nitrogens with zero attached hydrogens (tertiary/aromatic N) is 2. The molecule has 7 nitrogen and oxygen atoms in total. The molecule has 0 atom stereocenters. The molecule has 7 heteroatoms. The highest BCUT2D eigenvalue weighted by molar-refractivity contribution is 6.21. The summed E-state index contributed by atoms with van der Waals surface area (Å²) in [7, 11) is 0. The second-order valence-electron chi connectivity index (χ2n) is 11.0. The molecule has 0 aliphatic carbocycles. The van der Waals surface area contributed by atoms with Crippen molar-refractivity contribution < 1.29 is 14.4 Å². The zero-order valence-corrected chi connectivity index (χ0v) is 25.3. The molecule has 0 spiro atoms. The first kappa shape index (κ1) is 32.3. The first-order valence-corrected chi connectivity index (χ1v) is 15.8. The van der Waals surface area contributed by atoms with Crippen molar-refractivity contribution in [3.05, 3.63) is 65.2 Å². The fourth-order valence-electron chi connectivity index (χ4n) is 5.37. The summed E-state index contributed by atoms with van der Waals surface area (Å²) < 4.78 is 0. The lowest BCUT2D eigenvalue weighted by atomic mass is 10.1. The van der Waals surface area contributed by atoms with Gasteiger partial charge in [0.2, 0.25) is 0 Å². The van der Waals surface area contributed by atoms with Crippen molar-refractivity contribution in [2.24, 2.45) is 0 Å². The summed E-state index contributed by atoms with van der Waals surface area (Å²) in [5.74, 6) is -0.292. The van der Waals surface area contributed by atoms with Crippen molar-refractivity contribution in [3.63, 3.8) is 0 Å². The Morgan fingerprint density at radius 2 is 1.20 bits per heavy atom. The molecule has 2 N–H and O–H groups in total. The predicted molar refractivity (Wildman–Crippen MR) is 168 cm³/mol. The van der Waals surface area contributed by atoms with Gasteiger partial charge >= 0.3 is 0 Å². The minimum atomic E-state index is -0.141. The van der Waals surface area contributed by atoms with Crippen molar-refractivity contribution in [2.45, 2.75) is 84.5 Å². The number of likely N-dealkylation sites (N-methyl/N-ethyl adjacent to an activating group) is 1. The maximum Gasteiger partial charge on any atom is 0.261 e. The molecule has 3 rings (SSSR count). The summed E-state index contributed by atoms with van der Waals surface area (Å²) in [5.41, 5.74) is 2.86. The van der Waals surface area contributed by atoms with E-state index in [0.29, 0.717) is 29.8 Å². The summed E-state index contributed by atoms with van der Waals surface area (Å²) in [6.07, 6.45) is 13.1. The van der Waals surface area contributed by atoms with Gasteiger partial charge in [-0.1, -0.05) is 83.8 Å². The van der Waals surface area contributed by atoms with Crippen LogP contribution in [-0.2, 0) is 0 Å². The van der Waals surface area contributed by atoms with E-state index in [0.717, 1.165) is 57.5 Å². The van der Waals surface area contributed by atoms with Gasteiger partial charge in [-0.15, -0.1) is 0 Å². The molecule has 2 aromatic rings. The lowest BCUT2D eigenvalue weighted by Crippen LogP contribution is -2.34. The second kappa shape index (κ2) is 18.3. The maximum atomic E-state index is 12.4. The van der Waals surface area contributed by atoms with Crippen LogP contribution in [-0.4, -0.2) is 66.8 Å². The van der Waals surface area contributed by atoms with Crippen molar-refractivity contribution in [1.29, 1.82) is 0 Å². The van der Waals surface area contributed by atoms with E-state index in [1.54, 1.807) is 12.1 Å². The van der Waals surface area contributed by atoms with Gasteiger partial charge in [-0.25, -0.2) is 0 Å². The molecule has 0 aromatic heterocycles. The van der Waals surface area contributed by atoms with E-state index in [-0.39, 0.29) is 17.7 Å². The molecule has 0 saturated heterocycles. The van der Waals surface area contributed by atoms with Gasteiger partial charge in [-0.05, 0) is 62.3 Å². The molecule has 0 fully saturated rings. The van der Waals surface area contributed by atoms with Crippen LogP contribution in [0.25, 0.3) is 0 Å². The van der Waals surface area contributed by atoms with Crippen LogP contribution in [0.15, 0.2) is 48.5 Å². The number of hydrogen-bond donors (Lipinski definition) is 2. The van der Waals surface area contributed by atoms with Crippen LogP contribution in [0.2, 0.25) is 0 Å². The van der Waals surface area contributed by atoms with Crippen LogP contribution in [0.4, 0.5) is 5.69 Å². The number of carbonyl (C=O) groups is 3. The Balaban J connectivity index is 1.11. The molecule has 3 amide bonds. The van der Waals surface area contributed by atoms with E-state index < -0.39 is 0 Å². The van der Waals surface area contributed by atoms with E-state index in [4.69, 9.17) is 0 Å². The summed E-state index contributed by atoms with van der Waals surface area (Å²) in [4.78, 5) is 40.8. The number of imide groups is 1. The van der Waals surface area contributed by atoms with Gasteiger partial charge in [0.15, 0.2) is 0 Å². The van der Waals surface area contributed by atoms with E-state index in [2.05, 4.69) is 29.4 Å². The SMILES string of the molecule is CCN(CC)CCNC(=O)c1ccc(NCCCCCCCCCCCCCN2C(=O)c3ccccc3C2=O)cc1. The van der Waals surface area contributed by atoms with Gasteiger partial charge in [0.25, 0.3) is 17.7 Å². The molecule has 1 aliphatic rings. The van der Waals surface area contributed by atoms with Gasteiger partial charge in [0.1, 0.15) is 0 Å². The highest BCUT2D eigenvalue weighted by Crippen LogP contribution is 2.23. The van der Waals surface area contributed by atoms with Gasteiger partial charge in [0, 0.05) is 37.4 Å². The number of hydrogen-bond acceptors (Lipinski definition) is 5. The van der Waals surface area contributed by atoms with E-state index in [1.807, 2.05) is 36.4 Å². The van der Waals surface area contributed by atoms with Crippen LogP contribution in [0.1, 0.15) is 116 Å². The largest absolute Gasteiger partial charge is 0.385 e. The topological polar surface area (TPSA) is 81.8 Å². The van der Waals surface area contributed by atoms with Crippen molar-refractivity contribution >= 4 is 23.4 Å². The minimum absolute atomic E-state index is 0.0109. The van der Waals surface area contributed by atoms with Crippen LogP contribution in [0.3, 0.4) is 0 Å². The minimum Gasteiger partial charge on any atom is -0.385 e. The highest BCUT2D eigenvalue weighted by Gasteiger charge is 2.34. The summed E-state index contributed by atoms with van der Waals surface area (Å²) >= 11 is 0. The fourth-order valence-corrected chi connectivity index (χ4v) is 5.37. The summed E-state index contributed by atoms with van der Waals surface area (Å²) in [5, 5.41) is 6.47. The highest BCUT2D eigenvalue weighted by atomic mass is 16.2. The zero-order chi connectivity index (χ0) is 29.3. The number of anilines is 1. The summed E-state index contributed by atoms with van der Waals surface area (Å²) in [6, 6.07) is 14.9. The third-order valence-corrected chi connectivity index (χ3v) is 8.02. The molecule has 0 saturated carbocycles. The number of unbranched alkanes of at least 4 members (excludes halogenated alkanes) is 10. The van der Waals surface area contributed by atoms with Gasteiger partial charge in [0.05, 0.1) is 11.1 Å². The smallest absolute Gasteiger partial charge is 0.261 e. The number of fused-ring (bicyclic) bond motifs is 1. The first-order valence-electron chi connectivity index (χ1n) is 15.8. The molecule has 2 aromatic carbocycles. The maximum absolute atomic E-state index is 12.4. The molecule has 0 unspecified atom stereocenters. The Morgan fingerprint density at radius 1 is 0.683 bits per heavy atom. The molecule has 1 heterocycles. The lowest BCUT2D eigenvalue weighted by molar-refractivity contribution is 0.0651. The van der Waals surface area contributed by atoms with Crippen LogP contribution in [0, 0.1) is 0 Å². The third kappa shape index (κ3) is 10.6. The first-order chi connectivity index (χ1) is 20.0. The number of carbonyl (C=O) groups excluding carboxylic acids is 3. The molecule has 0 bridgehead atoms. The Labute approximate surface area is 247 Å². The Hall–Kier alpha value is -3.19. The number of benzene rings is 2. The monoisotopic (exact) mass is 562 g/mol. The molecule has 41 heavy (non-hydrogen) atoms. The summed E-state index contributed by atoms with van der Waals surface area (Å²) in [6.45, 7) is 9.31. The van der Waals surface area contributed by atoms with E-state index >= 15 is 0 Å².